The molecule has 0 aromatic heterocycles. The van der Waals surface area contributed by atoms with Gasteiger partial charge in [0.15, 0.2) is 0 Å². The lowest BCUT2D eigenvalue weighted by molar-refractivity contribution is -0.113. The van der Waals surface area contributed by atoms with Gasteiger partial charge < -0.3 is 4.79 Å². The highest BCUT2D eigenvalue weighted by molar-refractivity contribution is 5.69. The van der Waals surface area contributed by atoms with Crippen molar-refractivity contribution >= 4 is 6.29 Å². The standard InChI is InChI=1S/C12H13NO/c1-10-7-12(9-14,13-8-10)11-5-3-2-4-6-11/h2-6,9,13H,1,7-8H2. The zero-order valence-corrected chi connectivity index (χ0v) is 7.99. The Morgan fingerprint density at radius 3 is 2.57 bits per heavy atom. The quantitative estimate of drug-likeness (QED) is 0.563. The molecule has 1 aromatic carbocycles. The molecule has 1 aliphatic rings. The first kappa shape index (κ1) is 9.16. The summed E-state index contributed by atoms with van der Waals surface area (Å²) < 4.78 is 0. The van der Waals surface area contributed by atoms with Crippen LogP contribution in [0.4, 0.5) is 0 Å². The number of hydrogen-bond donors (Lipinski definition) is 1. The zero-order chi connectivity index (χ0) is 10.0. The van der Waals surface area contributed by atoms with Gasteiger partial charge in [-0.25, -0.2) is 0 Å². The first-order valence-electron chi connectivity index (χ1n) is 4.70. The van der Waals surface area contributed by atoms with Crippen LogP contribution in [0.1, 0.15) is 12.0 Å². The molecule has 1 fully saturated rings. The Kier molecular flexibility index (Phi) is 2.22. The molecule has 0 bridgehead atoms. The van der Waals surface area contributed by atoms with E-state index >= 15 is 0 Å². The van der Waals surface area contributed by atoms with Crippen LogP contribution in [-0.4, -0.2) is 12.8 Å². The molecule has 2 rings (SSSR count). The highest BCUT2D eigenvalue weighted by Crippen LogP contribution is 2.30. The van der Waals surface area contributed by atoms with Gasteiger partial charge in [0.05, 0.1) is 0 Å². The van der Waals surface area contributed by atoms with Crippen LogP contribution in [0.2, 0.25) is 0 Å². The van der Waals surface area contributed by atoms with Crippen molar-refractivity contribution < 1.29 is 4.79 Å². The van der Waals surface area contributed by atoms with Gasteiger partial charge in [-0.05, 0) is 12.0 Å². The first-order chi connectivity index (χ1) is 6.77. The van der Waals surface area contributed by atoms with Crippen LogP contribution in [0.3, 0.4) is 0 Å². The zero-order valence-electron chi connectivity index (χ0n) is 7.99. The Bertz CT molecular complexity index is 358. The van der Waals surface area contributed by atoms with E-state index in [4.69, 9.17) is 0 Å². The second-order valence-corrected chi connectivity index (χ2v) is 3.74. The molecule has 2 heteroatoms. The monoisotopic (exact) mass is 187 g/mol. The van der Waals surface area contributed by atoms with Gasteiger partial charge in [0.1, 0.15) is 11.8 Å². The summed E-state index contributed by atoms with van der Waals surface area (Å²) in [4.78, 5) is 11.2. The van der Waals surface area contributed by atoms with Crippen molar-refractivity contribution in [2.75, 3.05) is 6.54 Å². The van der Waals surface area contributed by atoms with Crippen LogP contribution in [0, 0.1) is 0 Å². The maximum atomic E-state index is 11.2. The third kappa shape index (κ3) is 1.38. The number of aldehydes is 1. The second kappa shape index (κ2) is 3.39. The molecule has 1 unspecified atom stereocenters. The van der Waals surface area contributed by atoms with Crippen molar-refractivity contribution in [2.45, 2.75) is 12.0 Å². The summed E-state index contributed by atoms with van der Waals surface area (Å²) in [5.74, 6) is 0. The SMILES string of the molecule is C=C1CNC(C=O)(c2ccccc2)C1. The van der Waals surface area contributed by atoms with E-state index in [9.17, 15) is 4.79 Å². The van der Waals surface area contributed by atoms with Crippen molar-refractivity contribution in [3.63, 3.8) is 0 Å². The number of carbonyl (C=O) groups excluding carboxylic acids is 1. The Labute approximate surface area is 83.6 Å². The third-order valence-corrected chi connectivity index (χ3v) is 2.67. The molecule has 0 saturated carbocycles. The van der Waals surface area contributed by atoms with E-state index in [1.807, 2.05) is 30.3 Å². The molecule has 0 aliphatic carbocycles. The molecule has 72 valence electrons. The minimum absolute atomic E-state index is 0.529. The van der Waals surface area contributed by atoms with Crippen molar-refractivity contribution in [2.24, 2.45) is 0 Å². The summed E-state index contributed by atoms with van der Waals surface area (Å²) >= 11 is 0. The fraction of sp³-hybridized carbons (Fsp3) is 0.250. The number of hydrogen-bond acceptors (Lipinski definition) is 2. The van der Waals surface area contributed by atoms with Gasteiger partial charge in [0.25, 0.3) is 0 Å². The predicted molar refractivity (Wildman–Crippen MR) is 55.9 cm³/mol. The maximum Gasteiger partial charge on any atom is 0.144 e. The summed E-state index contributed by atoms with van der Waals surface area (Å²) in [6, 6.07) is 9.79. The van der Waals surface area contributed by atoms with Crippen LogP contribution in [0.5, 0.6) is 0 Å². The Hall–Kier alpha value is -1.41. The topological polar surface area (TPSA) is 29.1 Å². The molecule has 1 N–H and O–H groups in total. The van der Waals surface area contributed by atoms with Crippen molar-refractivity contribution in [3.05, 3.63) is 48.0 Å². The second-order valence-electron chi connectivity index (χ2n) is 3.74. The summed E-state index contributed by atoms with van der Waals surface area (Å²) in [5.41, 5.74) is 1.58. The largest absolute Gasteiger partial charge is 0.301 e. The molecule has 14 heavy (non-hydrogen) atoms. The third-order valence-electron chi connectivity index (χ3n) is 2.67. The minimum Gasteiger partial charge on any atom is -0.301 e. The van der Waals surface area contributed by atoms with Crippen LogP contribution in [0.25, 0.3) is 0 Å². The number of carbonyl (C=O) groups is 1. The smallest absolute Gasteiger partial charge is 0.144 e. The van der Waals surface area contributed by atoms with E-state index in [1.54, 1.807) is 0 Å². The lowest BCUT2D eigenvalue weighted by Crippen LogP contribution is -2.38. The lowest BCUT2D eigenvalue weighted by Gasteiger charge is -2.22. The fourth-order valence-electron chi connectivity index (χ4n) is 1.89. The van der Waals surface area contributed by atoms with E-state index in [2.05, 4.69) is 11.9 Å². The van der Waals surface area contributed by atoms with E-state index in [1.165, 1.54) is 0 Å². The van der Waals surface area contributed by atoms with Crippen molar-refractivity contribution in [1.29, 1.82) is 0 Å². The summed E-state index contributed by atoms with van der Waals surface area (Å²) in [7, 11) is 0. The highest BCUT2D eigenvalue weighted by Gasteiger charge is 2.36. The van der Waals surface area contributed by atoms with Crippen LogP contribution in [0.15, 0.2) is 42.5 Å². The summed E-state index contributed by atoms with van der Waals surface area (Å²) in [6.45, 7) is 4.63. The summed E-state index contributed by atoms with van der Waals surface area (Å²) in [6.07, 6.45) is 1.70. The molecule has 0 spiro atoms. The lowest BCUT2D eigenvalue weighted by atomic mass is 9.89. The first-order valence-corrected chi connectivity index (χ1v) is 4.70. The Morgan fingerprint density at radius 1 is 1.36 bits per heavy atom. The average molecular weight is 187 g/mol. The van der Waals surface area contributed by atoms with Gasteiger partial charge in [-0.1, -0.05) is 42.5 Å². The molecule has 1 atom stereocenters. The molecular formula is C12H13NO. The Balaban J connectivity index is 2.39. The minimum atomic E-state index is -0.529. The van der Waals surface area contributed by atoms with Crippen LogP contribution in [-0.2, 0) is 10.3 Å². The number of rotatable bonds is 2. The van der Waals surface area contributed by atoms with Crippen LogP contribution < -0.4 is 5.32 Å². The van der Waals surface area contributed by atoms with Crippen molar-refractivity contribution in [3.8, 4) is 0 Å². The van der Waals surface area contributed by atoms with Gasteiger partial charge in [0, 0.05) is 6.54 Å². The molecular weight excluding hydrogens is 174 g/mol. The molecule has 1 heterocycles. The molecule has 1 saturated heterocycles. The van der Waals surface area contributed by atoms with E-state index in [-0.39, 0.29) is 0 Å². The van der Waals surface area contributed by atoms with Gasteiger partial charge in [-0.3, -0.25) is 5.32 Å². The molecule has 0 amide bonds. The number of nitrogens with one attached hydrogen (secondary N) is 1. The average Bonchev–Trinajstić information content (AvgIpc) is 2.63. The number of benzene rings is 1. The van der Waals surface area contributed by atoms with Gasteiger partial charge in [-0.15, -0.1) is 0 Å². The van der Waals surface area contributed by atoms with Gasteiger partial charge >= 0.3 is 0 Å². The highest BCUT2D eigenvalue weighted by atomic mass is 16.1. The fourth-order valence-corrected chi connectivity index (χ4v) is 1.89. The summed E-state index contributed by atoms with van der Waals surface area (Å²) in [5, 5.41) is 3.22. The predicted octanol–water partition coefficient (Wildman–Crippen LogP) is 1.63. The van der Waals surface area contributed by atoms with E-state index in [0.717, 1.165) is 24.0 Å². The molecule has 1 aromatic rings. The normalized spacial score (nSPS) is 26.4. The maximum absolute atomic E-state index is 11.2. The molecule has 0 radical (unpaired) electrons. The van der Waals surface area contributed by atoms with Gasteiger partial charge in [-0.2, -0.15) is 0 Å². The molecule has 2 nitrogen and oxygen atoms in total. The van der Waals surface area contributed by atoms with Gasteiger partial charge in [0.2, 0.25) is 0 Å². The van der Waals surface area contributed by atoms with E-state index < -0.39 is 5.54 Å². The molecule has 1 aliphatic heterocycles. The van der Waals surface area contributed by atoms with E-state index in [0.29, 0.717) is 6.42 Å². The van der Waals surface area contributed by atoms with Crippen LogP contribution >= 0.6 is 0 Å². The Morgan fingerprint density at radius 2 is 2.07 bits per heavy atom. The van der Waals surface area contributed by atoms with Crippen molar-refractivity contribution in [1.82, 2.24) is 5.32 Å².